The Kier molecular flexibility index (Phi) is 4.01. The van der Waals surface area contributed by atoms with Crippen LogP contribution in [0.2, 0.25) is 0 Å². The zero-order chi connectivity index (χ0) is 14.9. The molecule has 6 heteroatoms. The molecule has 0 spiro atoms. The molecule has 0 saturated carbocycles. The van der Waals surface area contributed by atoms with Gasteiger partial charge < -0.3 is 14.4 Å². The van der Waals surface area contributed by atoms with Gasteiger partial charge in [0.2, 0.25) is 0 Å². The fourth-order valence-electron chi connectivity index (χ4n) is 3.05. The lowest BCUT2D eigenvalue weighted by molar-refractivity contribution is -0.137. The SMILES string of the molecule is CC(C)(C)OC(=O)N1C2CCC1C(COC=O)C(=O)C2. The van der Waals surface area contributed by atoms with E-state index in [4.69, 9.17) is 9.47 Å². The van der Waals surface area contributed by atoms with Crippen molar-refractivity contribution in [2.24, 2.45) is 5.92 Å². The van der Waals surface area contributed by atoms with Crippen molar-refractivity contribution < 1.29 is 23.9 Å². The molecule has 2 bridgehead atoms. The molecule has 112 valence electrons. The van der Waals surface area contributed by atoms with Crippen molar-refractivity contribution in [3.8, 4) is 0 Å². The maximum Gasteiger partial charge on any atom is 0.410 e. The van der Waals surface area contributed by atoms with Gasteiger partial charge in [0, 0.05) is 18.5 Å². The van der Waals surface area contributed by atoms with Crippen molar-refractivity contribution in [1.29, 1.82) is 0 Å². The third-order valence-electron chi connectivity index (χ3n) is 3.81. The lowest BCUT2D eigenvalue weighted by atomic mass is 9.90. The summed E-state index contributed by atoms with van der Waals surface area (Å²) in [5.74, 6) is -0.356. The van der Waals surface area contributed by atoms with E-state index < -0.39 is 11.5 Å². The van der Waals surface area contributed by atoms with E-state index in [9.17, 15) is 14.4 Å². The van der Waals surface area contributed by atoms with Gasteiger partial charge in [-0.25, -0.2) is 4.79 Å². The third-order valence-corrected chi connectivity index (χ3v) is 3.81. The molecule has 0 aromatic carbocycles. The number of carbonyl (C=O) groups is 3. The number of fused-ring (bicyclic) bond motifs is 2. The molecule has 2 fully saturated rings. The zero-order valence-electron chi connectivity index (χ0n) is 12.1. The van der Waals surface area contributed by atoms with E-state index in [1.807, 2.05) is 20.8 Å². The van der Waals surface area contributed by atoms with E-state index in [2.05, 4.69) is 0 Å². The second kappa shape index (κ2) is 5.42. The van der Waals surface area contributed by atoms with Gasteiger partial charge in [0.15, 0.2) is 0 Å². The average molecular weight is 283 g/mol. The van der Waals surface area contributed by atoms with E-state index in [0.717, 1.165) is 12.8 Å². The molecule has 2 rings (SSSR count). The van der Waals surface area contributed by atoms with E-state index in [1.165, 1.54) is 0 Å². The van der Waals surface area contributed by atoms with E-state index in [1.54, 1.807) is 4.90 Å². The number of ether oxygens (including phenoxy) is 2. The van der Waals surface area contributed by atoms with E-state index >= 15 is 0 Å². The van der Waals surface area contributed by atoms with Crippen molar-refractivity contribution >= 4 is 18.3 Å². The Morgan fingerprint density at radius 3 is 2.70 bits per heavy atom. The van der Waals surface area contributed by atoms with E-state index in [-0.39, 0.29) is 30.6 Å². The summed E-state index contributed by atoms with van der Waals surface area (Å²) in [4.78, 5) is 36.3. The number of hydrogen-bond acceptors (Lipinski definition) is 5. The average Bonchev–Trinajstić information content (AvgIpc) is 2.64. The number of rotatable bonds is 3. The van der Waals surface area contributed by atoms with Crippen LogP contribution in [0.15, 0.2) is 0 Å². The molecule has 0 N–H and O–H groups in total. The van der Waals surface area contributed by atoms with Crippen LogP contribution >= 0.6 is 0 Å². The number of amides is 1. The molecule has 3 atom stereocenters. The lowest BCUT2D eigenvalue weighted by Gasteiger charge is -2.39. The predicted octanol–water partition coefficient (Wildman–Crippen LogP) is 1.52. The Labute approximate surface area is 118 Å². The zero-order valence-corrected chi connectivity index (χ0v) is 12.1. The number of nitrogens with zero attached hydrogens (tertiary/aromatic N) is 1. The summed E-state index contributed by atoms with van der Waals surface area (Å²) in [6.07, 6.45) is 1.49. The third kappa shape index (κ3) is 2.94. The second-order valence-electron chi connectivity index (χ2n) is 6.39. The first-order chi connectivity index (χ1) is 9.33. The van der Waals surface area contributed by atoms with Crippen LogP contribution in [0.3, 0.4) is 0 Å². The first-order valence-corrected chi connectivity index (χ1v) is 6.93. The van der Waals surface area contributed by atoms with Crippen LogP contribution in [0.4, 0.5) is 4.79 Å². The Morgan fingerprint density at radius 1 is 1.40 bits per heavy atom. The minimum Gasteiger partial charge on any atom is -0.467 e. The van der Waals surface area contributed by atoms with E-state index in [0.29, 0.717) is 12.9 Å². The summed E-state index contributed by atoms with van der Waals surface area (Å²) in [6, 6.07) is -0.286. The van der Waals surface area contributed by atoms with Gasteiger partial charge in [0.25, 0.3) is 6.47 Å². The standard InChI is InChI=1S/C14H21NO5/c1-14(2,3)20-13(18)15-9-4-5-11(15)10(7-19-8-16)12(17)6-9/h8-11H,4-7H2,1-3H3. The molecule has 0 aliphatic carbocycles. The molecule has 2 aliphatic heterocycles. The minimum atomic E-state index is -0.563. The molecule has 0 aromatic heterocycles. The highest BCUT2D eigenvalue weighted by molar-refractivity contribution is 5.86. The van der Waals surface area contributed by atoms with Gasteiger partial charge in [0.1, 0.15) is 18.0 Å². The van der Waals surface area contributed by atoms with Crippen molar-refractivity contribution in [2.45, 2.75) is 57.7 Å². The van der Waals surface area contributed by atoms with Gasteiger partial charge in [-0.05, 0) is 33.6 Å². The Morgan fingerprint density at radius 2 is 2.10 bits per heavy atom. The summed E-state index contributed by atoms with van der Waals surface area (Å²) in [7, 11) is 0. The summed E-state index contributed by atoms with van der Waals surface area (Å²) >= 11 is 0. The van der Waals surface area contributed by atoms with Crippen molar-refractivity contribution in [1.82, 2.24) is 4.90 Å². The molecule has 2 saturated heterocycles. The Balaban J connectivity index is 2.12. The molecular formula is C14H21NO5. The number of hydrogen-bond donors (Lipinski definition) is 0. The van der Waals surface area contributed by atoms with Gasteiger partial charge in [0.05, 0.1) is 5.92 Å². The highest BCUT2D eigenvalue weighted by atomic mass is 16.6. The van der Waals surface area contributed by atoms with Crippen LogP contribution in [0.25, 0.3) is 0 Å². The monoisotopic (exact) mass is 283 g/mol. The van der Waals surface area contributed by atoms with Gasteiger partial charge in [-0.15, -0.1) is 0 Å². The number of ketones is 1. The van der Waals surface area contributed by atoms with Crippen LogP contribution in [-0.4, -0.2) is 47.5 Å². The maximum atomic E-state index is 12.3. The fourth-order valence-corrected chi connectivity index (χ4v) is 3.05. The van der Waals surface area contributed by atoms with Crippen molar-refractivity contribution in [3.63, 3.8) is 0 Å². The second-order valence-corrected chi connectivity index (χ2v) is 6.39. The van der Waals surface area contributed by atoms with Gasteiger partial charge in [-0.3, -0.25) is 9.59 Å². The smallest absolute Gasteiger partial charge is 0.410 e. The Bertz CT molecular complexity index is 414. The highest BCUT2D eigenvalue weighted by Gasteiger charge is 2.50. The first kappa shape index (κ1) is 14.8. The van der Waals surface area contributed by atoms with Gasteiger partial charge in [-0.2, -0.15) is 0 Å². The largest absolute Gasteiger partial charge is 0.467 e. The molecule has 0 radical (unpaired) electrons. The molecule has 20 heavy (non-hydrogen) atoms. The van der Waals surface area contributed by atoms with Crippen molar-refractivity contribution in [2.75, 3.05) is 6.61 Å². The van der Waals surface area contributed by atoms with Gasteiger partial charge >= 0.3 is 6.09 Å². The summed E-state index contributed by atoms with van der Waals surface area (Å²) in [5, 5.41) is 0. The first-order valence-electron chi connectivity index (χ1n) is 6.93. The maximum absolute atomic E-state index is 12.3. The molecular weight excluding hydrogens is 262 g/mol. The highest BCUT2D eigenvalue weighted by Crippen LogP contribution is 2.38. The quantitative estimate of drug-likeness (QED) is 0.734. The molecule has 3 unspecified atom stereocenters. The van der Waals surface area contributed by atoms with Crippen LogP contribution in [0.5, 0.6) is 0 Å². The Hall–Kier alpha value is -1.59. The van der Waals surface area contributed by atoms with Crippen LogP contribution in [-0.2, 0) is 19.1 Å². The number of carbonyl (C=O) groups excluding carboxylic acids is 3. The van der Waals surface area contributed by atoms with Gasteiger partial charge in [-0.1, -0.05) is 0 Å². The number of Topliss-reactive ketones (excluding diaryl/α,β-unsaturated/α-hetero) is 1. The summed E-state index contributed by atoms with van der Waals surface area (Å²) < 4.78 is 10.2. The topological polar surface area (TPSA) is 72.9 Å². The van der Waals surface area contributed by atoms with Crippen LogP contribution in [0.1, 0.15) is 40.0 Å². The summed E-state index contributed by atoms with van der Waals surface area (Å²) in [5.41, 5.74) is -0.563. The normalized spacial score (nSPS) is 29.2. The molecule has 1 amide bonds. The molecule has 2 heterocycles. The molecule has 6 nitrogen and oxygen atoms in total. The number of piperidine rings is 1. The minimum absolute atomic E-state index is 0.0407. The summed E-state index contributed by atoms with van der Waals surface area (Å²) in [6.45, 7) is 5.82. The van der Waals surface area contributed by atoms with Crippen LogP contribution < -0.4 is 0 Å². The fraction of sp³-hybridized carbons (Fsp3) is 0.786. The van der Waals surface area contributed by atoms with Crippen molar-refractivity contribution in [3.05, 3.63) is 0 Å². The lowest BCUT2D eigenvalue weighted by Crippen LogP contribution is -2.54. The molecule has 2 aliphatic rings. The van der Waals surface area contributed by atoms with Crippen LogP contribution in [0, 0.1) is 5.92 Å². The predicted molar refractivity (Wildman–Crippen MR) is 70.0 cm³/mol. The molecule has 0 aromatic rings.